The smallest absolute Gasteiger partial charge is 0.288 e. The molecule has 5 rings (SSSR count). The summed E-state index contributed by atoms with van der Waals surface area (Å²) in [4.78, 5) is 6.35. The van der Waals surface area contributed by atoms with Crippen molar-refractivity contribution in [2.75, 3.05) is 44.8 Å². The summed E-state index contributed by atoms with van der Waals surface area (Å²) in [7, 11) is 0. The van der Waals surface area contributed by atoms with Gasteiger partial charge in [-0.15, -0.1) is 0 Å². The molecule has 1 aromatic heterocycles. The van der Waals surface area contributed by atoms with Crippen LogP contribution >= 0.6 is 0 Å². The number of hydrogen-bond donors (Lipinski definition) is 2. The van der Waals surface area contributed by atoms with Crippen LogP contribution in [-0.4, -0.2) is 72.3 Å². The third-order valence-corrected chi connectivity index (χ3v) is 7.78. The minimum absolute atomic E-state index is 0.0843. The quantitative estimate of drug-likeness (QED) is 0.301. The Labute approximate surface area is 222 Å². The molecule has 3 atom stereocenters. The number of alkyl halides is 4. The summed E-state index contributed by atoms with van der Waals surface area (Å²) in [6.07, 6.45) is 1.35. The van der Waals surface area contributed by atoms with Crippen LogP contribution in [0.2, 0.25) is 0 Å². The lowest BCUT2D eigenvalue weighted by molar-refractivity contribution is -0.0678. The Bertz CT molecular complexity index is 1300. The number of nitrogens with zero attached hydrogens (tertiary/aromatic N) is 2. The molecule has 0 aliphatic carbocycles. The van der Waals surface area contributed by atoms with E-state index in [4.69, 9.17) is 0 Å². The molecule has 0 unspecified atom stereocenters. The van der Waals surface area contributed by atoms with Crippen LogP contribution < -0.4 is 5.32 Å². The zero-order valence-electron chi connectivity index (χ0n) is 21.5. The molecule has 0 bridgehead atoms. The van der Waals surface area contributed by atoms with Crippen LogP contribution in [0.3, 0.4) is 0 Å². The van der Waals surface area contributed by atoms with E-state index < -0.39 is 60.9 Å². The number of hydrogen-bond acceptors (Lipinski definition) is 3. The molecule has 2 aromatic carbocycles. The number of benzene rings is 2. The lowest BCUT2D eigenvalue weighted by Gasteiger charge is -2.42. The minimum Gasteiger partial charge on any atom is -0.381 e. The monoisotopic (exact) mass is 556 g/mol. The van der Waals surface area contributed by atoms with Crippen LogP contribution in [0.1, 0.15) is 42.6 Å². The number of fused-ring (bicyclic) bond motifs is 3. The Kier molecular flexibility index (Phi) is 7.83. The molecule has 4 nitrogen and oxygen atoms in total. The van der Waals surface area contributed by atoms with E-state index in [1.807, 2.05) is 0 Å². The van der Waals surface area contributed by atoms with Crippen LogP contribution in [0.4, 0.5) is 36.4 Å². The van der Waals surface area contributed by atoms with Gasteiger partial charge in [-0.3, -0.25) is 9.29 Å². The van der Waals surface area contributed by atoms with Gasteiger partial charge in [0.25, 0.3) is 5.92 Å². The number of rotatable bonds is 9. The van der Waals surface area contributed by atoms with Gasteiger partial charge in [0.15, 0.2) is 6.67 Å². The molecule has 2 N–H and O–H groups in total. The first-order chi connectivity index (χ1) is 18.6. The fraction of sp³-hybridized carbons (Fsp3) is 0.500. The van der Waals surface area contributed by atoms with Gasteiger partial charge in [-0.05, 0) is 62.1 Å². The average Bonchev–Trinajstić information content (AvgIpc) is 3.47. The van der Waals surface area contributed by atoms with Crippen molar-refractivity contribution >= 4 is 16.6 Å². The summed E-state index contributed by atoms with van der Waals surface area (Å²) in [6, 6.07) is 4.26. The molecular formula is C28H31F7N4. The van der Waals surface area contributed by atoms with E-state index in [0.717, 1.165) is 25.1 Å². The molecule has 2 aliphatic heterocycles. The van der Waals surface area contributed by atoms with E-state index in [1.54, 1.807) is 6.92 Å². The van der Waals surface area contributed by atoms with Crippen molar-refractivity contribution in [2.45, 2.75) is 50.2 Å². The van der Waals surface area contributed by atoms with Crippen molar-refractivity contribution in [3.8, 4) is 0 Å². The highest BCUT2D eigenvalue weighted by Crippen LogP contribution is 2.44. The summed E-state index contributed by atoms with van der Waals surface area (Å²) in [5, 5.41) is 3.64. The van der Waals surface area contributed by atoms with Crippen LogP contribution in [0.25, 0.3) is 10.9 Å². The maximum absolute atomic E-state index is 15.7. The number of nitrogens with one attached hydrogen (secondary N) is 2. The van der Waals surface area contributed by atoms with Crippen LogP contribution in [0.5, 0.6) is 0 Å². The van der Waals surface area contributed by atoms with Crippen molar-refractivity contribution in [1.82, 2.24) is 14.8 Å². The SMILES string of the molecule is C[C@@H]1Cc2c([nH]c3ccc(F)cc23)[C@@H](c2c(F)cc(N[C@H]3CCN(CCCF)C3)cc2F)N1CC(F)(F)CF. The zero-order chi connectivity index (χ0) is 27.9. The normalized spacial score (nSPS) is 22.5. The van der Waals surface area contributed by atoms with E-state index >= 15 is 8.78 Å². The minimum atomic E-state index is -3.73. The average molecular weight is 557 g/mol. The van der Waals surface area contributed by atoms with Crippen LogP contribution in [-0.2, 0) is 6.42 Å². The van der Waals surface area contributed by atoms with Crippen molar-refractivity contribution in [3.05, 3.63) is 64.6 Å². The van der Waals surface area contributed by atoms with Gasteiger partial charge in [0.05, 0.1) is 19.3 Å². The lowest BCUT2D eigenvalue weighted by Crippen LogP contribution is -2.49. The number of halogens is 7. The van der Waals surface area contributed by atoms with Gasteiger partial charge in [-0.2, -0.15) is 0 Å². The molecule has 0 spiro atoms. The standard InChI is InChI=1S/C28H31F7N4/c1-16-9-21-20-10-17(31)3-4-24(20)37-26(21)27(39(16)15-28(34,35)14-30)25-22(32)11-19(12-23(25)33)36-18-5-8-38(13-18)7-2-6-29/h3-4,10-12,16,18,27,36-37H,2,5-9,13-15H2,1H3/t16-,18+,27-/m1/s1. The second kappa shape index (κ2) is 11.0. The van der Waals surface area contributed by atoms with E-state index in [9.17, 15) is 22.0 Å². The fourth-order valence-corrected chi connectivity index (χ4v) is 6.00. The molecule has 1 fully saturated rings. The molecule has 0 radical (unpaired) electrons. The molecular weight excluding hydrogens is 525 g/mol. The van der Waals surface area contributed by atoms with Crippen molar-refractivity contribution in [1.29, 1.82) is 0 Å². The highest BCUT2D eigenvalue weighted by atomic mass is 19.3. The van der Waals surface area contributed by atoms with Gasteiger partial charge in [0.1, 0.15) is 17.5 Å². The zero-order valence-corrected chi connectivity index (χ0v) is 21.5. The number of anilines is 1. The third kappa shape index (κ3) is 5.61. The summed E-state index contributed by atoms with van der Waals surface area (Å²) in [5.74, 6) is -6.10. The molecule has 2 aliphatic rings. The number of aromatic amines is 1. The Morgan fingerprint density at radius 3 is 2.51 bits per heavy atom. The Morgan fingerprint density at radius 1 is 1.08 bits per heavy atom. The van der Waals surface area contributed by atoms with Crippen molar-refractivity contribution in [2.24, 2.45) is 0 Å². The van der Waals surface area contributed by atoms with E-state index in [-0.39, 0.29) is 23.8 Å². The third-order valence-electron chi connectivity index (χ3n) is 7.78. The lowest BCUT2D eigenvalue weighted by atomic mass is 9.87. The summed E-state index contributed by atoms with van der Waals surface area (Å²) < 4.78 is 99.9. The second-order valence-electron chi connectivity index (χ2n) is 10.7. The molecule has 1 saturated heterocycles. The summed E-state index contributed by atoms with van der Waals surface area (Å²) in [5.41, 5.74) is 1.14. The molecule has 3 heterocycles. The van der Waals surface area contributed by atoms with E-state index in [2.05, 4.69) is 15.2 Å². The predicted molar refractivity (Wildman–Crippen MR) is 136 cm³/mol. The molecule has 39 heavy (non-hydrogen) atoms. The molecule has 11 heteroatoms. The maximum Gasteiger partial charge on any atom is 0.288 e. The van der Waals surface area contributed by atoms with Crippen molar-refractivity contribution < 1.29 is 30.7 Å². The first-order valence-electron chi connectivity index (χ1n) is 13.1. The predicted octanol–water partition coefficient (Wildman–Crippen LogP) is 6.37. The highest BCUT2D eigenvalue weighted by molar-refractivity contribution is 5.85. The number of aromatic nitrogens is 1. The van der Waals surface area contributed by atoms with Gasteiger partial charge < -0.3 is 15.2 Å². The van der Waals surface area contributed by atoms with Gasteiger partial charge in [0.2, 0.25) is 0 Å². The van der Waals surface area contributed by atoms with Crippen LogP contribution in [0.15, 0.2) is 30.3 Å². The molecule has 0 saturated carbocycles. The van der Waals surface area contributed by atoms with Gasteiger partial charge in [-0.25, -0.2) is 26.3 Å². The summed E-state index contributed by atoms with van der Waals surface area (Å²) >= 11 is 0. The number of likely N-dealkylation sites (tertiary alicyclic amines) is 1. The molecule has 212 valence electrons. The Balaban J connectivity index is 1.52. The molecule has 3 aromatic rings. The van der Waals surface area contributed by atoms with Crippen LogP contribution in [0, 0.1) is 17.5 Å². The highest BCUT2D eigenvalue weighted by Gasteiger charge is 2.44. The van der Waals surface area contributed by atoms with Crippen molar-refractivity contribution in [3.63, 3.8) is 0 Å². The second-order valence-corrected chi connectivity index (χ2v) is 10.7. The molecule has 0 amide bonds. The first-order valence-corrected chi connectivity index (χ1v) is 13.1. The van der Waals surface area contributed by atoms with Gasteiger partial charge in [-0.1, -0.05) is 0 Å². The van der Waals surface area contributed by atoms with Gasteiger partial charge in [0, 0.05) is 59.6 Å². The van der Waals surface area contributed by atoms with E-state index in [1.165, 1.54) is 23.1 Å². The fourth-order valence-electron chi connectivity index (χ4n) is 6.00. The number of H-pyrrole nitrogens is 1. The van der Waals surface area contributed by atoms with Gasteiger partial charge >= 0.3 is 0 Å². The topological polar surface area (TPSA) is 34.3 Å². The maximum atomic E-state index is 15.7. The van der Waals surface area contributed by atoms with E-state index in [0.29, 0.717) is 36.0 Å². The largest absolute Gasteiger partial charge is 0.381 e. The summed E-state index contributed by atoms with van der Waals surface area (Å²) in [6.45, 7) is 0.205. The Hall–Kier alpha value is -2.79. The Morgan fingerprint density at radius 2 is 1.82 bits per heavy atom. The first kappa shape index (κ1) is 27.8.